The second-order valence-corrected chi connectivity index (χ2v) is 6.03. The molecule has 0 spiro atoms. The fourth-order valence-electron chi connectivity index (χ4n) is 3.11. The Balaban J connectivity index is 2.31. The molecule has 0 amide bonds. The summed E-state index contributed by atoms with van der Waals surface area (Å²) in [5.41, 5.74) is 7.38. The van der Waals surface area contributed by atoms with Crippen LogP contribution in [-0.2, 0) is 14.3 Å². The van der Waals surface area contributed by atoms with Crippen LogP contribution in [0.15, 0.2) is 51.8 Å². The summed E-state index contributed by atoms with van der Waals surface area (Å²) in [4.78, 5) is 27.8. The number of carbonyl (C=O) groups is 1. The number of methoxy groups -OCH3 is 1. The average molecular weight is 351 g/mol. The highest BCUT2D eigenvalue weighted by atomic mass is 16.5. The molecular formula is C19H17N3O4. The second kappa shape index (κ2) is 6.41. The van der Waals surface area contributed by atoms with Crippen molar-refractivity contribution >= 4 is 16.9 Å². The zero-order chi connectivity index (χ0) is 19.0. The molecule has 1 aliphatic rings. The lowest BCUT2D eigenvalue weighted by atomic mass is 9.83. The number of nitrogens with two attached hydrogens (primary N) is 1. The third-order valence-electron chi connectivity index (χ3n) is 4.35. The first-order chi connectivity index (χ1) is 12.4. The minimum absolute atomic E-state index is 0.00652. The van der Waals surface area contributed by atoms with Crippen molar-refractivity contribution in [3.63, 3.8) is 0 Å². The standard InChI is InChI=1S/C19H17N3O4/c1-9-4-5-11-7-12(18(23)22-14(11)6-9)16-13(8-20)17(21)26-10(2)15(16)19(24)25-3/h4-7,16H,21H2,1-3H3,(H,22,23). The van der Waals surface area contributed by atoms with E-state index in [1.165, 1.54) is 7.11 Å². The van der Waals surface area contributed by atoms with Gasteiger partial charge in [0.05, 0.1) is 18.6 Å². The number of nitriles is 1. The van der Waals surface area contributed by atoms with E-state index in [0.717, 1.165) is 10.9 Å². The predicted molar refractivity (Wildman–Crippen MR) is 94.7 cm³/mol. The van der Waals surface area contributed by atoms with Gasteiger partial charge in [-0.25, -0.2) is 4.79 Å². The molecule has 0 bridgehead atoms. The quantitative estimate of drug-likeness (QED) is 0.800. The van der Waals surface area contributed by atoms with Gasteiger partial charge in [-0.3, -0.25) is 4.79 Å². The molecule has 2 heterocycles. The topological polar surface area (TPSA) is 118 Å². The molecule has 0 saturated heterocycles. The van der Waals surface area contributed by atoms with Crippen molar-refractivity contribution in [2.24, 2.45) is 5.73 Å². The molecule has 1 unspecified atom stereocenters. The van der Waals surface area contributed by atoms with Crippen molar-refractivity contribution in [3.8, 4) is 6.07 Å². The monoisotopic (exact) mass is 351 g/mol. The van der Waals surface area contributed by atoms with Crippen LogP contribution >= 0.6 is 0 Å². The van der Waals surface area contributed by atoms with Crippen molar-refractivity contribution in [3.05, 3.63) is 68.5 Å². The van der Waals surface area contributed by atoms with E-state index in [1.54, 1.807) is 13.0 Å². The maximum atomic E-state index is 12.7. The number of hydrogen-bond donors (Lipinski definition) is 2. The third-order valence-corrected chi connectivity index (χ3v) is 4.35. The molecular weight excluding hydrogens is 334 g/mol. The number of nitrogens with zero attached hydrogens (tertiary/aromatic N) is 1. The zero-order valence-corrected chi connectivity index (χ0v) is 14.5. The van der Waals surface area contributed by atoms with Crippen LogP contribution in [0.4, 0.5) is 0 Å². The van der Waals surface area contributed by atoms with Crippen molar-refractivity contribution in [2.75, 3.05) is 7.11 Å². The van der Waals surface area contributed by atoms with E-state index >= 15 is 0 Å². The fourth-order valence-corrected chi connectivity index (χ4v) is 3.11. The number of benzene rings is 1. The normalized spacial score (nSPS) is 17.1. The SMILES string of the molecule is COC(=O)C1=C(C)OC(N)=C(C#N)C1c1cc2ccc(C)cc2[nH]c1=O. The number of carbonyl (C=O) groups excluding carboxylic acids is 1. The lowest BCUT2D eigenvalue weighted by Crippen LogP contribution is -2.28. The van der Waals surface area contributed by atoms with Gasteiger partial charge in [0.1, 0.15) is 17.4 Å². The number of fused-ring (bicyclic) bond motifs is 1. The third kappa shape index (κ3) is 2.71. The maximum Gasteiger partial charge on any atom is 0.338 e. The number of pyridine rings is 1. The number of rotatable bonds is 2. The number of allylic oxidation sites excluding steroid dienone is 2. The number of ether oxygens (including phenoxy) is 2. The molecule has 2 aromatic rings. The molecule has 26 heavy (non-hydrogen) atoms. The van der Waals surface area contributed by atoms with Crippen LogP contribution in [-0.4, -0.2) is 18.1 Å². The number of aryl methyl sites for hydroxylation is 1. The molecule has 1 aromatic carbocycles. The zero-order valence-electron chi connectivity index (χ0n) is 14.5. The molecule has 1 atom stereocenters. The Morgan fingerprint density at radius 2 is 2.08 bits per heavy atom. The van der Waals surface area contributed by atoms with Crippen molar-refractivity contribution < 1.29 is 14.3 Å². The van der Waals surface area contributed by atoms with Crippen LogP contribution in [0.2, 0.25) is 0 Å². The number of aromatic amines is 1. The van der Waals surface area contributed by atoms with Gasteiger partial charge in [0.15, 0.2) is 0 Å². The Morgan fingerprint density at radius 3 is 2.73 bits per heavy atom. The molecule has 1 aliphatic heterocycles. The lowest BCUT2D eigenvalue weighted by Gasteiger charge is -2.26. The Hall–Kier alpha value is -3.53. The smallest absolute Gasteiger partial charge is 0.338 e. The summed E-state index contributed by atoms with van der Waals surface area (Å²) < 4.78 is 10.1. The summed E-state index contributed by atoms with van der Waals surface area (Å²) in [6.07, 6.45) is 0. The van der Waals surface area contributed by atoms with E-state index in [9.17, 15) is 14.9 Å². The summed E-state index contributed by atoms with van der Waals surface area (Å²) in [6.45, 7) is 3.46. The number of nitrogens with one attached hydrogen (secondary N) is 1. The van der Waals surface area contributed by atoms with Crippen LogP contribution in [0.5, 0.6) is 0 Å². The van der Waals surface area contributed by atoms with Crippen molar-refractivity contribution in [1.29, 1.82) is 5.26 Å². The van der Waals surface area contributed by atoms with E-state index in [-0.39, 0.29) is 28.4 Å². The van der Waals surface area contributed by atoms with Gasteiger partial charge in [-0.15, -0.1) is 0 Å². The van der Waals surface area contributed by atoms with Gasteiger partial charge in [-0.1, -0.05) is 12.1 Å². The minimum Gasteiger partial charge on any atom is -0.466 e. The van der Waals surface area contributed by atoms with Crippen LogP contribution < -0.4 is 11.3 Å². The van der Waals surface area contributed by atoms with Crippen LogP contribution in [0.25, 0.3) is 10.9 Å². The summed E-state index contributed by atoms with van der Waals surface area (Å²) in [6, 6.07) is 9.22. The van der Waals surface area contributed by atoms with Gasteiger partial charge in [0.25, 0.3) is 5.56 Å². The molecule has 0 fully saturated rings. The molecule has 0 saturated carbocycles. The Kier molecular flexibility index (Phi) is 4.26. The first-order valence-corrected chi connectivity index (χ1v) is 7.87. The number of H-pyrrole nitrogens is 1. The van der Waals surface area contributed by atoms with Gasteiger partial charge in [-0.05, 0) is 36.9 Å². The lowest BCUT2D eigenvalue weighted by molar-refractivity contribution is -0.136. The molecule has 7 heteroatoms. The predicted octanol–water partition coefficient (Wildman–Crippen LogP) is 2.09. The summed E-state index contributed by atoms with van der Waals surface area (Å²) >= 11 is 0. The summed E-state index contributed by atoms with van der Waals surface area (Å²) in [5.74, 6) is -1.58. The Labute approximate surface area is 149 Å². The van der Waals surface area contributed by atoms with Crippen LogP contribution in [0.1, 0.15) is 24.0 Å². The molecule has 132 valence electrons. The van der Waals surface area contributed by atoms with Gasteiger partial charge < -0.3 is 20.2 Å². The minimum atomic E-state index is -0.962. The fraction of sp³-hybridized carbons (Fsp3) is 0.211. The largest absolute Gasteiger partial charge is 0.466 e. The van der Waals surface area contributed by atoms with Crippen molar-refractivity contribution in [2.45, 2.75) is 19.8 Å². The number of hydrogen-bond acceptors (Lipinski definition) is 6. The van der Waals surface area contributed by atoms with Crippen LogP contribution in [0.3, 0.4) is 0 Å². The molecule has 0 radical (unpaired) electrons. The highest BCUT2D eigenvalue weighted by molar-refractivity contribution is 5.93. The summed E-state index contributed by atoms with van der Waals surface area (Å²) in [5, 5.41) is 10.3. The van der Waals surface area contributed by atoms with E-state index in [4.69, 9.17) is 15.2 Å². The van der Waals surface area contributed by atoms with E-state index in [1.807, 2.05) is 31.2 Å². The number of aromatic nitrogens is 1. The molecule has 3 rings (SSSR count). The summed E-state index contributed by atoms with van der Waals surface area (Å²) in [7, 11) is 1.22. The van der Waals surface area contributed by atoms with Gasteiger partial charge in [-0.2, -0.15) is 5.26 Å². The van der Waals surface area contributed by atoms with Gasteiger partial charge in [0, 0.05) is 11.1 Å². The Bertz CT molecular complexity index is 1090. The average Bonchev–Trinajstić information content (AvgIpc) is 2.60. The van der Waals surface area contributed by atoms with Gasteiger partial charge in [0.2, 0.25) is 5.88 Å². The van der Waals surface area contributed by atoms with Crippen molar-refractivity contribution in [1.82, 2.24) is 4.98 Å². The van der Waals surface area contributed by atoms with E-state index in [0.29, 0.717) is 5.52 Å². The van der Waals surface area contributed by atoms with Gasteiger partial charge >= 0.3 is 5.97 Å². The highest BCUT2D eigenvalue weighted by Gasteiger charge is 2.37. The molecule has 1 aromatic heterocycles. The first-order valence-electron chi connectivity index (χ1n) is 7.87. The second-order valence-electron chi connectivity index (χ2n) is 6.03. The van der Waals surface area contributed by atoms with Crippen LogP contribution in [0, 0.1) is 18.3 Å². The van der Waals surface area contributed by atoms with E-state index < -0.39 is 17.4 Å². The first kappa shape index (κ1) is 17.3. The number of esters is 1. The highest BCUT2D eigenvalue weighted by Crippen LogP contribution is 2.38. The molecule has 7 nitrogen and oxygen atoms in total. The maximum absolute atomic E-state index is 12.7. The van der Waals surface area contributed by atoms with E-state index in [2.05, 4.69) is 4.98 Å². The molecule has 3 N–H and O–H groups in total. The molecule has 0 aliphatic carbocycles. The Morgan fingerprint density at radius 1 is 1.35 bits per heavy atom.